The van der Waals surface area contributed by atoms with Crippen LogP contribution in [0.2, 0.25) is 0 Å². The van der Waals surface area contributed by atoms with Gasteiger partial charge in [0.1, 0.15) is 6.54 Å². The number of sulfonamides is 1. The van der Waals surface area contributed by atoms with E-state index in [2.05, 4.69) is 5.32 Å². The predicted molar refractivity (Wildman–Crippen MR) is 142 cm³/mol. The first-order valence-electron chi connectivity index (χ1n) is 12.0. The number of amides is 1. The van der Waals surface area contributed by atoms with Gasteiger partial charge in [-0.05, 0) is 59.0 Å². The highest BCUT2D eigenvalue weighted by Crippen LogP contribution is 2.33. The number of rotatable bonds is 9. The summed E-state index contributed by atoms with van der Waals surface area (Å²) >= 11 is 0. The SMILES string of the molecule is CC(CNC(=O)CN(c1cccc(C(F)(F)F)c1)S(=O)(=O)c1ccccc1)Cc1cccc2ccccc12. The molecule has 0 radical (unpaired) electrons. The lowest BCUT2D eigenvalue weighted by molar-refractivity contribution is -0.137. The van der Waals surface area contributed by atoms with E-state index in [4.69, 9.17) is 0 Å². The van der Waals surface area contributed by atoms with E-state index in [1.165, 1.54) is 30.3 Å². The fourth-order valence-electron chi connectivity index (χ4n) is 4.26. The molecule has 0 saturated heterocycles. The van der Waals surface area contributed by atoms with Gasteiger partial charge in [-0.25, -0.2) is 8.42 Å². The fraction of sp³-hybridized carbons (Fsp3) is 0.207. The Labute approximate surface area is 220 Å². The number of nitrogens with one attached hydrogen (secondary N) is 1. The Kier molecular flexibility index (Phi) is 8.06. The Balaban J connectivity index is 1.52. The van der Waals surface area contributed by atoms with Crippen LogP contribution in [-0.2, 0) is 27.4 Å². The molecule has 9 heteroatoms. The molecule has 1 atom stereocenters. The molecule has 0 spiro atoms. The average molecular weight is 541 g/mol. The number of carbonyl (C=O) groups excluding carboxylic acids is 1. The highest BCUT2D eigenvalue weighted by molar-refractivity contribution is 7.92. The second kappa shape index (κ2) is 11.3. The van der Waals surface area contributed by atoms with E-state index >= 15 is 0 Å². The van der Waals surface area contributed by atoms with Crippen molar-refractivity contribution in [2.24, 2.45) is 5.92 Å². The minimum Gasteiger partial charge on any atom is -0.354 e. The number of nitrogens with zero attached hydrogens (tertiary/aromatic N) is 1. The van der Waals surface area contributed by atoms with E-state index in [0.717, 1.165) is 34.5 Å². The van der Waals surface area contributed by atoms with E-state index in [1.54, 1.807) is 6.07 Å². The fourth-order valence-corrected chi connectivity index (χ4v) is 5.70. The molecule has 1 unspecified atom stereocenters. The summed E-state index contributed by atoms with van der Waals surface area (Å²) in [6, 6.07) is 25.3. The van der Waals surface area contributed by atoms with Gasteiger partial charge in [0, 0.05) is 6.54 Å². The monoisotopic (exact) mass is 540 g/mol. The quantitative estimate of drug-likeness (QED) is 0.281. The summed E-state index contributed by atoms with van der Waals surface area (Å²) in [5.41, 5.74) is -0.128. The topological polar surface area (TPSA) is 66.5 Å². The molecule has 4 aromatic carbocycles. The van der Waals surface area contributed by atoms with Gasteiger partial charge in [0.05, 0.1) is 16.1 Å². The summed E-state index contributed by atoms with van der Waals surface area (Å²) in [7, 11) is -4.32. The second-order valence-electron chi connectivity index (χ2n) is 9.12. The van der Waals surface area contributed by atoms with Gasteiger partial charge in [-0.2, -0.15) is 13.2 Å². The Morgan fingerprint density at radius 2 is 1.55 bits per heavy atom. The molecule has 0 heterocycles. The van der Waals surface area contributed by atoms with Crippen molar-refractivity contribution in [1.82, 2.24) is 5.32 Å². The molecule has 198 valence electrons. The molecular weight excluding hydrogens is 513 g/mol. The van der Waals surface area contributed by atoms with Gasteiger partial charge in [0.2, 0.25) is 5.91 Å². The molecule has 1 amide bonds. The largest absolute Gasteiger partial charge is 0.416 e. The second-order valence-corrected chi connectivity index (χ2v) is 11.0. The maximum absolute atomic E-state index is 13.4. The van der Waals surface area contributed by atoms with E-state index < -0.39 is 34.2 Å². The van der Waals surface area contributed by atoms with E-state index in [-0.39, 0.29) is 23.0 Å². The van der Waals surface area contributed by atoms with Crippen LogP contribution in [0.1, 0.15) is 18.1 Å². The first kappa shape index (κ1) is 27.2. The highest BCUT2D eigenvalue weighted by Gasteiger charge is 2.33. The van der Waals surface area contributed by atoms with Crippen molar-refractivity contribution in [3.63, 3.8) is 0 Å². The summed E-state index contributed by atoms with van der Waals surface area (Å²) < 4.78 is 67.6. The zero-order chi connectivity index (χ0) is 27.3. The molecule has 5 nitrogen and oxygen atoms in total. The first-order chi connectivity index (χ1) is 18.1. The van der Waals surface area contributed by atoms with Crippen LogP contribution >= 0.6 is 0 Å². The third-order valence-corrected chi connectivity index (χ3v) is 7.96. The Bertz CT molecular complexity index is 1520. The highest BCUT2D eigenvalue weighted by atomic mass is 32.2. The van der Waals surface area contributed by atoms with Crippen LogP contribution < -0.4 is 9.62 Å². The molecule has 0 aromatic heterocycles. The number of hydrogen-bond acceptors (Lipinski definition) is 3. The summed E-state index contributed by atoms with van der Waals surface area (Å²) in [5, 5.41) is 4.99. The van der Waals surface area contributed by atoms with Gasteiger partial charge in [-0.3, -0.25) is 9.10 Å². The molecule has 0 bridgehead atoms. The van der Waals surface area contributed by atoms with Crippen LogP contribution in [0.15, 0.2) is 102 Å². The Hall–Kier alpha value is -3.85. The third kappa shape index (κ3) is 6.34. The van der Waals surface area contributed by atoms with Crippen LogP contribution in [0.25, 0.3) is 10.8 Å². The zero-order valence-corrected chi connectivity index (χ0v) is 21.5. The number of halogens is 3. The summed E-state index contributed by atoms with van der Waals surface area (Å²) in [6.45, 7) is 1.57. The van der Waals surface area contributed by atoms with Crippen LogP contribution in [0.4, 0.5) is 18.9 Å². The maximum atomic E-state index is 13.4. The number of anilines is 1. The van der Waals surface area contributed by atoms with Crippen LogP contribution in [-0.4, -0.2) is 27.4 Å². The predicted octanol–water partition coefficient (Wildman–Crippen LogP) is 6.05. The lowest BCUT2D eigenvalue weighted by atomic mass is 9.96. The summed E-state index contributed by atoms with van der Waals surface area (Å²) in [6.07, 6.45) is -3.99. The van der Waals surface area contributed by atoms with Crippen LogP contribution in [0.5, 0.6) is 0 Å². The van der Waals surface area contributed by atoms with Gasteiger partial charge in [0.25, 0.3) is 10.0 Å². The first-order valence-corrected chi connectivity index (χ1v) is 13.5. The summed E-state index contributed by atoms with van der Waals surface area (Å²) in [4.78, 5) is 12.8. The number of carbonyl (C=O) groups is 1. The van der Waals surface area contributed by atoms with Crippen LogP contribution in [0.3, 0.4) is 0 Å². The van der Waals surface area contributed by atoms with Gasteiger partial charge in [-0.15, -0.1) is 0 Å². The molecule has 4 rings (SSSR count). The van der Waals surface area contributed by atoms with Crippen molar-refractivity contribution < 1.29 is 26.4 Å². The third-order valence-electron chi connectivity index (χ3n) is 6.18. The molecule has 0 aliphatic carbocycles. The molecule has 0 aliphatic heterocycles. The molecular formula is C29H27F3N2O3S. The molecule has 1 N–H and O–H groups in total. The van der Waals surface area contributed by atoms with Gasteiger partial charge in [0.15, 0.2) is 0 Å². The van der Waals surface area contributed by atoms with Gasteiger partial charge in [-0.1, -0.05) is 73.7 Å². The lowest BCUT2D eigenvalue weighted by Crippen LogP contribution is -2.42. The number of fused-ring (bicyclic) bond motifs is 1. The molecule has 4 aromatic rings. The van der Waals surface area contributed by atoms with Crippen molar-refractivity contribution in [2.45, 2.75) is 24.4 Å². The minimum atomic E-state index is -4.67. The van der Waals surface area contributed by atoms with Crippen LogP contribution in [0, 0.1) is 5.92 Å². The molecule has 0 saturated carbocycles. The molecule has 0 fully saturated rings. The van der Waals surface area contributed by atoms with Crippen molar-refractivity contribution in [3.8, 4) is 0 Å². The van der Waals surface area contributed by atoms with E-state index in [1.807, 2.05) is 49.4 Å². The average Bonchev–Trinajstić information content (AvgIpc) is 2.91. The number of hydrogen-bond donors (Lipinski definition) is 1. The minimum absolute atomic E-state index is 0.0255. The lowest BCUT2D eigenvalue weighted by Gasteiger charge is -2.25. The Morgan fingerprint density at radius 1 is 0.895 bits per heavy atom. The van der Waals surface area contributed by atoms with Crippen molar-refractivity contribution >= 4 is 32.4 Å². The van der Waals surface area contributed by atoms with Gasteiger partial charge < -0.3 is 5.32 Å². The summed E-state index contributed by atoms with van der Waals surface area (Å²) in [5.74, 6) is -0.593. The van der Waals surface area contributed by atoms with E-state index in [9.17, 15) is 26.4 Å². The van der Waals surface area contributed by atoms with Crippen molar-refractivity contribution in [1.29, 1.82) is 0 Å². The Morgan fingerprint density at radius 3 is 2.29 bits per heavy atom. The standard InChI is InChI=1S/C29H27F3N2O3S/c1-21(17-23-11-7-10-22-9-5-6-16-27(22)23)19-33-28(35)20-34(38(36,37)26-14-3-2-4-15-26)25-13-8-12-24(18-25)29(30,31)32/h2-16,18,21H,17,19-20H2,1H3,(H,33,35). The number of benzene rings is 4. The maximum Gasteiger partial charge on any atom is 0.416 e. The smallest absolute Gasteiger partial charge is 0.354 e. The number of alkyl halides is 3. The normalized spacial score (nSPS) is 12.7. The van der Waals surface area contributed by atoms with Crippen molar-refractivity contribution in [2.75, 3.05) is 17.4 Å². The van der Waals surface area contributed by atoms with Gasteiger partial charge >= 0.3 is 6.18 Å². The van der Waals surface area contributed by atoms with Crippen molar-refractivity contribution in [3.05, 3.63) is 108 Å². The molecule has 38 heavy (non-hydrogen) atoms. The zero-order valence-electron chi connectivity index (χ0n) is 20.7. The van der Waals surface area contributed by atoms with E-state index in [0.29, 0.717) is 10.7 Å². The molecule has 0 aliphatic rings.